The summed E-state index contributed by atoms with van der Waals surface area (Å²) in [6.07, 6.45) is 4.07. The Kier molecular flexibility index (Phi) is 5.85. The van der Waals surface area contributed by atoms with Crippen LogP contribution in [0, 0.1) is 0 Å². The predicted molar refractivity (Wildman–Crippen MR) is 86.7 cm³/mol. The average Bonchev–Trinajstić information content (AvgIpc) is 2.54. The molecule has 0 fully saturated rings. The molecule has 2 aromatic rings. The van der Waals surface area contributed by atoms with Gasteiger partial charge in [0.15, 0.2) is 0 Å². The van der Waals surface area contributed by atoms with Crippen molar-refractivity contribution in [2.75, 3.05) is 20.8 Å². The first-order valence-corrected chi connectivity index (χ1v) is 6.99. The minimum atomic E-state index is 0.527. The number of ether oxygens (including phenoxy) is 2. The van der Waals surface area contributed by atoms with Crippen molar-refractivity contribution in [3.63, 3.8) is 0 Å². The Bertz CT molecular complexity index is 579. The van der Waals surface area contributed by atoms with Crippen LogP contribution in [-0.4, -0.2) is 20.8 Å². The highest BCUT2D eigenvalue weighted by Crippen LogP contribution is 2.24. The van der Waals surface area contributed by atoms with Gasteiger partial charge in [0.1, 0.15) is 18.1 Å². The van der Waals surface area contributed by atoms with Crippen LogP contribution in [0.4, 0.5) is 0 Å². The molecule has 21 heavy (non-hydrogen) atoms. The first-order chi connectivity index (χ1) is 10.3. The van der Waals surface area contributed by atoms with Crippen molar-refractivity contribution in [3.8, 4) is 11.5 Å². The third-order valence-electron chi connectivity index (χ3n) is 3.09. The maximum atomic E-state index is 5.85. The molecule has 3 heteroatoms. The zero-order valence-corrected chi connectivity index (χ0v) is 12.5. The van der Waals surface area contributed by atoms with E-state index in [0.717, 1.165) is 23.6 Å². The molecular weight excluding hydrogens is 262 g/mol. The zero-order chi connectivity index (χ0) is 14.9. The molecule has 2 rings (SSSR count). The fraction of sp³-hybridized carbons (Fsp3) is 0.222. The zero-order valence-electron chi connectivity index (χ0n) is 12.5. The topological polar surface area (TPSA) is 30.5 Å². The quantitative estimate of drug-likeness (QED) is 0.843. The molecule has 0 saturated heterocycles. The molecule has 2 aromatic carbocycles. The molecule has 0 bridgehead atoms. The Balaban J connectivity index is 1.99. The summed E-state index contributed by atoms with van der Waals surface area (Å²) in [5, 5.41) is 3.14. The van der Waals surface area contributed by atoms with Gasteiger partial charge in [-0.3, -0.25) is 0 Å². The molecule has 0 aliphatic carbocycles. The lowest BCUT2D eigenvalue weighted by atomic mass is 10.2. The molecule has 0 aliphatic rings. The summed E-state index contributed by atoms with van der Waals surface area (Å²) in [6, 6.07) is 16.1. The molecule has 0 atom stereocenters. The molecule has 0 spiro atoms. The Morgan fingerprint density at radius 1 is 1.10 bits per heavy atom. The van der Waals surface area contributed by atoms with E-state index in [9.17, 15) is 0 Å². The van der Waals surface area contributed by atoms with Gasteiger partial charge in [-0.2, -0.15) is 0 Å². The van der Waals surface area contributed by atoms with E-state index in [1.54, 1.807) is 7.11 Å². The molecule has 110 valence electrons. The lowest BCUT2D eigenvalue weighted by molar-refractivity contribution is 0.352. The van der Waals surface area contributed by atoms with Crippen LogP contribution in [-0.2, 0) is 6.54 Å². The van der Waals surface area contributed by atoms with E-state index < -0.39 is 0 Å². The van der Waals surface area contributed by atoms with Crippen LogP contribution < -0.4 is 14.8 Å². The van der Waals surface area contributed by atoms with E-state index in [1.807, 2.05) is 49.5 Å². The van der Waals surface area contributed by atoms with E-state index in [-0.39, 0.29) is 0 Å². The molecule has 0 aromatic heterocycles. The van der Waals surface area contributed by atoms with E-state index in [2.05, 4.69) is 23.5 Å². The molecule has 0 amide bonds. The van der Waals surface area contributed by atoms with Gasteiger partial charge in [-0.05, 0) is 24.8 Å². The lowest BCUT2D eigenvalue weighted by Gasteiger charge is -2.11. The smallest absolute Gasteiger partial charge is 0.127 e. The maximum absolute atomic E-state index is 5.85. The Hall–Kier alpha value is -2.26. The summed E-state index contributed by atoms with van der Waals surface area (Å²) in [4.78, 5) is 0. The first-order valence-electron chi connectivity index (χ1n) is 6.99. The summed E-state index contributed by atoms with van der Waals surface area (Å²) >= 11 is 0. The van der Waals surface area contributed by atoms with Crippen molar-refractivity contribution >= 4 is 6.08 Å². The second-order valence-corrected chi connectivity index (χ2v) is 4.63. The highest BCUT2D eigenvalue weighted by atomic mass is 16.5. The van der Waals surface area contributed by atoms with E-state index in [1.165, 1.54) is 5.56 Å². The van der Waals surface area contributed by atoms with Crippen LogP contribution in [0.1, 0.15) is 11.1 Å². The van der Waals surface area contributed by atoms with Crippen molar-refractivity contribution in [2.45, 2.75) is 6.54 Å². The number of hydrogen-bond acceptors (Lipinski definition) is 3. The van der Waals surface area contributed by atoms with Crippen LogP contribution in [0.25, 0.3) is 6.08 Å². The van der Waals surface area contributed by atoms with Gasteiger partial charge in [0, 0.05) is 18.2 Å². The van der Waals surface area contributed by atoms with Gasteiger partial charge in [0.05, 0.1) is 7.11 Å². The van der Waals surface area contributed by atoms with Crippen LogP contribution in [0.15, 0.2) is 54.6 Å². The van der Waals surface area contributed by atoms with Crippen molar-refractivity contribution in [3.05, 3.63) is 65.7 Å². The Morgan fingerprint density at radius 3 is 2.62 bits per heavy atom. The van der Waals surface area contributed by atoms with Crippen LogP contribution in [0.5, 0.6) is 11.5 Å². The minimum absolute atomic E-state index is 0.527. The normalized spacial score (nSPS) is 10.8. The molecule has 0 aliphatic heterocycles. The van der Waals surface area contributed by atoms with Gasteiger partial charge in [-0.25, -0.2) is 0 Å². The molecule has 0 unspecified atom stereocenters. The Morgan fingerprint density at radius 2 is 1.90 bits per heavy atom. The molecule has 1 N–H and O–H groups in total. The summed E-state index contributed by atoms with van der Waals surface area (Å²) in [6.45, 7) is 1.29. The van der Waals surface area contributed by atoms with Gasteiger partial charge in [0.25, 0.3) is 0 Å². The second-order valence-electron chi connectivity index (χ2n) is 4.63. The third-order valence-corrected chi connectivity index (χ3v) is 3.09. The highest BCUT2D eigenvalue weighted by Gasteiger charge is 2.04. The van der Waals surface area contributed by atoms with Gasteiger partial charge >= 0.3 is 0 Å². The average molecular weight is 283 g/mol. The van der Waals surface area contributed by atoms with Gasteiger partial charge < -0.3 is 14.8 Å². The number of benzene rings is 2. The highest BCUT2D eigenvalue weighted by molar-refractivity contribution is 5.49. The number of methoxy groups -OCH3 is 1. The monoisotopic (exact) mass is 283 g/mol. The molecule has 0 radical (unpaired) electrons. The largest absolute Gasteiger partial charge is 0.497 e. The maximum Gasteiger partial charge on any atom is 0.127 e. The van der Waals surface area contributed by atoms with Crippen molar-refractivity contribution in [2.24, 2.45) is 0 Å². The molecule has 0 saturated carbocycles. The van der Waals surface area contributed by atoms with E-state index in [0.29, 0.717) is 6.61 Å². The number of hydrogen-bond donors (Lipinski definition) is 1. The van der Waals surface area contributed by atoms with E-state index in [4.69, 9.17) is 9.47 Å². The van der Waals surface area contributed by atoms with Crippen LogP contribution >= 0.6 is 0 Å². The first kappa shape index (κ1) is 15.1. The summed E-state index contributed by atoms with van der Waals surface area (Å²) in [7, 11) is 3.58. The van der Waals surface area contributed by atoms with Gasteiger partial charge in [-0.1, -0.05) is 42.5 Å². The number of nitrogens with one attached hydrogen (secondary N) is 1. The lowest BCUT2D eigenvalue weighted by Crippen LogP contribution is -2.07. The van der Waals surface area contributed by atoms with Crippen LogP contribution in [0.2, 0.25) is 0 Å². The fourth-order valence-electron chi connectivity index (χ4n) is 2.02. The standard InChI is InChI=1S/C18H21NO2/c1-19-14-16-10-11-17(20-2)13-18(16)21-12-6-9-15-7-4-3-5-8-15/h3-11,13,19H,12,14H2,1-2H3. The van der Waals surface area contributed by atoms with Gasteiger partial charge in [-0.15, -0.1) is 0 Å². The molecule has 3 nitrogen and oxygen atoms in total. The number of rotatable bonds is 7. The predicted octanol–water partition coefficient (Wildman–Crippen LogP) is 3.51. The fourth-order valence-corrected chi connectivity index (χ4v) is 2.02. The van der Waals surface area contributed by atoms with Gasteiger partial charge in [0.2, 0.25) is 0 Å². The van der Waals surface area contributed by atoms with Crippen molar-refractivity contribution in [1.82, 2.24) is 5.32 Å². The molecular formula is C18H21NO2. The van der Waals surface area contributed by atoms with Crippen molar-refractivity contribution < 1.29 is 9.47 Å². The Labute approximate surface area is 126 Å². The third kappa shape index (κ3) is 4.65. The SMILES string of the molecule is CNCc1ccc(OC)cc1OCC=Cc1ccccc1. The second kappa shape index (κ2) is 8.12. The van der Waals surface area contributed by atoms with Crippen LogP contribution in [0.3, 0.4) is 0 Å². The van der Waals surface area contributed by atoms with E-state index >= 15 is 0 Å². The van der Waals surface area contributed by atoms with Crippen molar-refractivity contribution in [1.29, 1.82) is 0 Å². The summed E-state index contributed by atoms with van der Waals surface area (Å²) in [5.74, 6) is 1.65. The summed E-state index contributed by atoms with van der Waals surface area (Å²) < 4.78 is 11.1. The minimum Gasteiger partial charge on any atom is -0.497 e. The molecule has 0 heterocycles. The summed E-state index contributed by atoms with van der Waals surface area (Å²) in [5.41, 5.74) is 2.29.